The van der Waals surface area contributed by atoms with Gasteiger partial charge in [0.25, 0.3) is 5.91 Å². The van der Waals surface area contributed by atoms with Crippen molar-refractivity contribution in [1.82, 2.24) is 5.32 Å². The topological polar surface area (TPSA) is 114 Å². The molecule has 1 saturated heterocycles. The molecule has 0 unspecified atom stereocenters. The van der Waals surface area contributed by atoms with E-state index in [4.69, 9.17) is 4.74 Å². The molecule has 2 rings (SSSR count). The Morgan fingerprint density at radius 3 is 2.50 bits per heavy atom. The number of carbonyl (C=O) groups is 4. The van der Waals surface area contributed by atoms with Gasteiger partial charge in [0.1, 0.15) is 23.1 Å². The first-order valence-corrected chi connectivity index (χ1v) is 8.53. The Morgan fingerprint density at radius 2 is 1.96 bits per heavy atom. The first-order chi connectivity index (χ1) is 13.0. The molecular formula is C18H22FN3O6. The van der Waals surface area contributed by atoms with Gasteiger partial charge < -0.3 is 14.8 Å². The van der Waals surface area contributed by atoms with Gasteiger partial charge in [-0.3, -0.25) is 14.9 Å². The van der Waals surface area contributed by atoms with Gasteiger partial charge in [0.05, 0.1) is 12.8 Å². The molecule has 0 spiro atoms. The molecule has 9 nitrogen and oxygen atoms in total. The Labute approximate surface area is 161 Å². The van der Waals surface area contributed by atoms with E-state index in [1.54, 1.807) is 20.8 Å². The number of benzene rings is 1. The number of rotatable bonds is 3. The number of hydrogen-bond acceptors (Lipinski definition) is 6. The molecule has 0 bridgehead atoms. The Balaban J connectivity index is 2.42. The highest BCUT2D eigenvalue weighted by molar-refractivity contribution is 6.17. The van der Waals surface area contributed by atoms with Crippen LogP contribution in [0.4, 0.5) is 25.4 Å². The number of methoxy groups -OCH3 is 1. The summed E-state index contributed by atoms with van der Waals surface area (Å²) in [7, 11) is 1.05. The van der Waals surface area contributed by atoms with Gasteiger partial charge in [0, 0.05) is 6.42 Å². The van der Waals surface area contributed by atoms with Crippen LogP contribution < -0.4 is 15.5 Å². The number of hydrogen-bond donors (Lipinski definition) is 2. The fraction of sp³-hybridized carbons (Fsp3) is 0.444. The summed E-state index contributed by atoms with van der Waals surface area (Å²) in [6, 6.07) is 2.61. The summed E-state index contributed by atoms with van der Waals surface area (Å²) in [5, 5.41) is 4.67. The highest BCUT2D eigenvalue weighted by atomic mass is 19.1. The van der Waals surface area contributed by atoms with E-state index in [2.05, 4.69) is 15.4 Å². The van der Waals surface area contributed by atoms with E-state index in [0.29, 0.717) is 4.90 Å². The van der Waals surface area contributed by atoms with E-state index in [0.717, 1.165) is 13.2 Å². The van der Waals surface area contributed by atoms with Gasteiger partial charge in [-0.25, -0.2) is 18.9 Å². The van der Waals surface area contributed by atoms with Gasteiger partial charge in [-0.2, -0.15) is 0 Å². The van der Waals surface area contributed by atoms with Gasteiger partial charge >= 0.3 is 12.2 Å². The zero-order chi connectivity index (χ0) is 21.1. The predicted molar refractivity (Wildman–Crippen MR) is 97.3 cm³/mol. The van der Waals surface area contributed by atoms with Crippen molar-refractivity contribution in [2.45, 2.75) is 45.3 Å². The zero-order valence-corrected chi connectivity index (χ0v) is 16.0. The lowest BCUT2D eigenvalue weighted by atomic mass is 10.1. The minimum atomic E-state index is -1.09. The Hall–Kier alpha value is -3.17. The monoisotopic (exact) mass is 395 g/mol. The molecule has 1 aromatic carbocycles. The fourth-order valence-electron chi connectivity index (χ4n) is 2.58. The minimum Gasteiger partial charge on any atom is -0.452 e. The van der Waals surface area contributed by atoms with E-state index in [1.165, 1.54) is 12.1 Å². The fourth-order valence-corrected chi connectivity index (χ4v) is 2.58. The van der Waals surface area contributed by atoms with Crippen LogP contribution in [0.1, 0.15) is 33.6 Å². The second kappa shape index (κ2) is 8.24. The summed E-state index contributed by atoms with van der Waals surface area (Å²) < 4.78 is 24.2. The van der Waals surface area contributed by atoms with Crippen molar-refractivity contribution < 1.29 is 33.0 Å². The van der Waals surface area contributed by atoms with Crippen LogP contribution in [0.25, 0.3) is 0 Å². The summed E-state index contributed by atoms with van der Waals surface area (Å²) in [4.78, 5) is 49.2. The highest BCUT2D eigenvalue weighted by Crippen LogP contribution is 2.31. The Kier molecular flexibility index (Phi) is 6.22. The van der Waals surface area contributed by atoms with Crippen molar-refractivity contribution in [2.75, 3.05) is 17.3 Å². The molecule has 0 aliphatic carbocycles. The normalized spacial score (nSPS) is 16.2. The highest BCUT2D eigenvalue weighted by Gasteiger charge is 2.37. The molecule has 2 N–H and O–H groups in total. The number of imide groups is 1. The number of amides is 4. The second-order valence-electron chi connectivity index (χ2n) is 7.06. The molecule has 1 atom stereocenters. The molecule has 1 aromatic rings. The summed E-state index contributed by atoms with van der Waals surface area (Å²) >= 11 is 0. The van der Waals surface area contributed by atoms with Gasteiger partial charge in [-0.05, 0) is 39.3 Å². The van der Waals surface area contributed by atoms with Crippen LogP contribution in [-0.2, 0) is 19.1 Å². The van der Waals surface area contributed by atoms with Crippen molar-refractivity contribution in [1.29, 1.82) is 0 Å². The predicted octanol–water partition coefficient (Wildman–Crippen LogP) is 2.55. The summed E-state index contributed by atoms with van der Waals surface area (Å²) in [5.74, 6) is -2.04. The first-order valence-electron chi connectivity index (χ1n) is 8.53. The van der Waals surface area contributed by atoms with Crippen LogP contribution in [0.2, 0.25) is 0 Å². The molecule has 0 aromatic heterocycles. The van der Waals surface area contributed by atoms with E-state index < -0.39 is 41.2 Å². The van der Waals surface area contributed by atoms with E-state index in [-0.39, 0.29) is 24.4 Å². The SMILES string of the molecule is COC(=O)N(C(=O)[C@@H]1CCC(=O)N1)c1cccc(F)c1NC(=O)OC(C)(C)C. The van der Waals surface area contributed by atoms with Crippen LogP contribution in [0.3, 0.4) is 0 Å². The molecule has 10 heteroatoms. The molecule has 0 radical (unpaired) electrons. The number of ether oxygens (including phenoxy) is 2. The van der Waals surface area contributed by atoms with Gasteiger partial charge in [0.15, 0.2) is 0 Å². The van der Waals surface area contributed by atoms with Crippen molar-refractivity contribution in [3.63, 3.8) is 0 Å². The first kappa shape index (κ1) is 21.1. The number of anilines is 2. The number of para-hydroxylation sites is 1. The third kappa shape index (κ3) is 4.96. The average molecular weight is 395 g/mol. The van der Waals surface area contributed by atoms with Crippen molar-refractivity contribution in [2.24, 2.45) is 0 Å². The number of nitrogens with zero attached hydrogens (tertiary/aromatic N) is 1. The maximum absolute atomic E-state index is 14.4. The van der Waals surface area contributed by atoms with E-state index >= 15 is 0 Å². The summed E-state index contributed by atoms with van der Waals surface area (Å²) in [6.45, 7) is 4.88. The zero-order valence-electron chi connectivity index (χ0n) is 16.0. The van der Waals surface area contributed by atoms with E-state index in [9.17, 15) is 23.6 Å². The molecule has 0 saturated carbocycles. The van der Waals surface area contributed by atoms with Crippen LogP contribution in [0, 0.1) is 5.82 Å². The molecule has 152 valence electrons. The van der Waals surface area contributed by atoms with Crippen molar-refractivity contribution in [3.8, 4) is 0 Å². The molecular weight excluding hydrogens is 373 g/mol. The Morgan fingerprint density at radius 1 is 1.29 bits per heavy atom. The molecule has 1 aliphatic heterocycles. The molecule has 28 heavy (non-hydrogen) atoms. The third-order valence-corrected chi connectivity index (χ3v) is 3.73. The minimum absolute atomic E-state index is 0.123. The Bertz CT molecular complexity index is 805. The largest absolute Gasteiger partial charge is 0.452 e. The molecule has 1 heterocycles. The van der Waals surface area contributed by atoms with E-state index in [1.807, 2.05) is 0 Å². The standard InChI is InChI=1S/C18H22FN3O6/c1-18(2,3)28-16(25)21-14-10(19)6-5-7-12(14)22(17(26)27-4)15(24)11-8-9-13(23)20-11/h5-7,11H,8-9H2,1-4H3,(H,20,23)(H,21,25)/t11-/m0/s1. The summed E-state index contributed by atoms with van der Waals surface area (Å²) in [5.41, 5.74) is -1.52. The van der Waals surface area contributed by atoms with Crippen LogP contribution in [-0.4, -0.2) is 42.8 Å². The smallest absolute Gasteiger partial charge is 0.421 e. The van der Waals surface area contributed by atoms with Crippen LogP contribution in [0.15, 0.2) is 18.2 Å². The van der Waals surface area contributed by atoms with Crippen LogP contribution in [0.5, 0.6) is 0 Å². The van der Waals surface area contributed by atoms with Crippen LogP contribution >= 0.6 is 0 Å². The molecule has 1 fully saturated rings. The van der Waals surface area contributed by atoms with Gasteiger partial charge in [0.2, 0.25) is 5.91 Å². The molecule has 1 aliphatic rings. The summed E-state index contributed by atoms with van der Waals surface area (Å²) in [6.07, 6.45) is -1.76. The molecule has 4 amide bonds. The lowest BCUT2D eigenvalue weighted by Gasteiger charge is -2.25. The third-order valence-electron chi connectivity index (χ3n) is 3.73. The number of carbonyl (C=O) groups excluding carboxylic acids is 4. The quantitative estimate of drug-likeness (QED) is 0.813. The average Bonchev–Trinajstić information content (AvgIpc) is 3.02. The second-order valence-corrected chi connectivity index (χ2v) is 7.06. The van der Waals surface area contributed by atoms with Crippen molar-refractivity contribution in [3.05, 3.63) is 24.0 Å². The van der Waals surface area contributed by atoms with Gasteiger partial charge in [-0.15, -0.1) is 0 Å². The van der Waals surface area contributed by atoms with Gasteiger partial charge in [-0.1, -0.05) is 6.07 Å². The number of nitrogens with one attached hydrogen (secondary N) is 2. The van der Waals surface area contributed by atoms with Crippen molar-refractivity contribution >= 4 is 35.4 Å². The lowest BCUT2D eigenvalue weighted by Crippen LogP contribution is -2.48. The maximum Gasteiger partial charge on any atom is 0.421 e. The number of halogens is 1. The maximum atomic E-state index is 14.4. The lowest BCUT2D eigenvalue weighted by molar-refractivity contribution is -0.123.